The maximum Gasteiger partial charge on any atom is 0.202 e. The van der Waals surface area contributed by atoms with Gasteiger partial charge in [0.2, 0.25) is 5.79 Å². The van der Waals surface area contributed by atoms with Gasteiger partial charge in [0.05, 0.1) is 12.5 Å². The molecule has 6 nitrogen and oxygen atoms in total. The topological polar surface area (TPSA) is 107 Å². The second-order valence-electron chi connectivity index (χ2n) is 9.16. The molecule has 0 radical (unpaired) electrons. The van der Waals surface area contributed by atoms with Gasteiger partial charge in [-0.3, -0.25) is 4.79 Å². The molecule has 1 saturated heterocycles. The fourth-order valence-electron chi connectivity index (χ4n) is 4.23. The quantitative estimate of drug-likeness (QED) is 0.260. The molecular weight excluding hydrogens is 384 g/mol. The fraction of sp³-hybridized carbons (Fsp3) is 0.958. The predicted molar refractivity (Wildman–Crippen MR) is 118 cm³/mol. The Balaban J connectivity index is 2.01. The Morgan fingerprint density at radius 3 is 1.67 bits per heavy atom. The Hall–Kier alpha value is -0.530. The number of Topliss-reactive ketones (excluding diaryl/α,β-unsaturated/α-hetero) is 1. The fourth-order valence-corrected chi connectivity index (χ4v) is 4.23. The lowest BCUT2D eigenvalue weighted by molar-refractivity contribution is -0.341. The van der Waals surface area contributed by atoms with Crippen molar-refractivity contribution in [1.29, 1.82) is 0 Å². The van der Waals surface area contributed by atoms with E-state index < -0.39 is 30.2 Å². The monoisotopic (exact) mass is 430 g/mol. The van der Waals surface area contributed by atoms with E-state index in [0.29, 0.717) is 6.42 Å². The highest BCUT2D eigenvalue weighted by atomic mass is 16.7. The van der Waals surface area contributed by atoms with Crippen molar-refractivity contribution in [2.24, 2.45) is 0 Å². The molecule has 0 aromatic heterocycles. The second-order valence-corrected chi connectivity index (χ2v) is 9.16. The van der Waals surface area contributed by atoms with Gasteiger partial charge in [-0.05, 0) is 13.3 Å². The van der Waals surface area contributed by atoms with Gasteiger partial charge in [-0.15, -0.1) is 0 Å². The Morgan fingerprint density at radius 2 is 1.20 bits per heavy atom. The predicted octanol–water partition coefficient (Wildman–Crippen LogP) is 4.01. The highest BCUT2D eigenvalue weighted by Crippen LogP contribution is 2.31. The second kappa shape index (κ2) is 15.3. The van der Waals surface area contributed by atoms with Crippen LogP contribution in [0, 0.1) is 0 Å². The van der Waals surface area contributed by atoms with E-state index in [1.165, 1.54) is 77.6 Å². The van der Waals surface area contributed by atoms with Crippen molar-refractivity contribution in [3.63, 3.8) is 0 Å². The molecule has 0 aromatic rings. The Morgan fingerprint density at radius 1 is 0.767 bits per heavy atom. The summed E-state index contributed by atoms with van der Waals surface area (Å²) in [6, 6.07) is 0. The number of ketones is 1. The minimum atomic E-state index is -2.13. The SMILES string of the molecule is CCCCCCCCCCCCCCCCC(=O)C[C@]1(O)O[C@@H](C)[C@@H](O)[C@@H](O)[C@@H]1O. The standard InChI is InChI=1S/C24H46O6/c1-3-4-5-6-7-8-9-10-11-12-13-14-15-16-17-20(25)18-24(29)23(28)22(27)21(26)19(2)30-24/h19,21-23,26-29H,3-18H2,1-2H3/t19-,21+,22+,23-,24-/m0/s1. The molecule has 0 aromatic carbocycles. The third kappa shape index (κ3) is 10.2. The van der Waals surface area contributed by atoms with Crippen LogP contribution in [0.3, 0.4) is 0 Å². The minimum absolute atomic E-state index is 0.203. The summed E-state index contributed by atoms with van der Waals surface area (Å²) in [5, 5.41) is 39.9. The van der Waals surface area contributed by atoms with Crippen LogP contribution >= 0.6 is 0 Å². The van der Waals surface area contributed by atoms with Crippen LogP contribution in [0.4, 0.5) is 0 Å². The number of aliphatic hydroxyl groups is 4. The van der Waals surface area contributed by atoms with Gasteiger partial charge in [-0.25, -0.2) is 0 Å². The molecule has 0 amide bonds. The van der Waals surface area contributed by atoms with E-state index in [1.807, 2.05) is 0 Å². The number of carbonyl (C=O) groups is 1. The zero-order chi connectivity index (χ0) is 22.4. The molecule has 0 aliphatic carbocycles. The summed E-state index contributed by atoms with van der Waals surface area (Å²) in [5.74, 6) is -2.34. The van der Waals surface area contributed by atoms with Gasteiger partial charge < -0.3 is 25.2 Å². The largest absolute Gasteiger partial charge is 0.388 e. The van der Waals surface area contributed by atoms with Gasteiger partial charge in [0.15, 0.2) is 0 Å². The lowest BCUT2D eigenvalue weighted by Gasteiger charge is -2.44. The van der Waals surface area contributed by atoms with Gasteiger partial charge in [-0.2, -0.15) is 0 Å². The molecule has 0 spiro atoms. The summed E-state index contributed by atoms with van der Waals surface area (Å²) in [7, 11) is 0. The van der Waals surface area contributed by atoms with E-state index in [-0.39, 0.29) is 12.2 Å². The highest BCUT2D eigenvalue weighted by molar-refractivity contribution is 5.79. The van der Waals surface area contributed by atoms with Crippen molar-refractivity contribution in [1.82, 2.24) is 0 Å². The molecule has 4 N–H and O–H groups in total. The van der Waals surface area contributed by atoms with E-state index in [1.54, 1.807) is 0 Å². The Labute approximate surface area is 183 Å². The lowest BCUT2D eigenvalue weighted by Crippen LogP contribution is -2.64. The van der Waals surface area contributed by atoms with Gasteiger partial charge in [0.1, 0.15) is 24.1 Å². The number of hydrogen-bond donors (Lipinski definition) is 4. The minimum Gasteiger partial charge on any atom is -0.388 e. The molecular formula is C24H46O6. The Bertz CT molecular complexity index is 457. The molecule has 6 heteroatoms. The molecule has 5 atom stereocenters. The first kappa shape index (κ1) is 27.5. The van der Waals surface area contributed by atoms with E-state index >= 15 is 0 Å². The molecule has 30 heavy (non-hydrogen) atoms. The normalized spacial score (nSPS) is 29.3. The summed E-state index contributed by atoms with van der Waals surface area (Å²) >= 11 is 0. The number of ether oxygens (including phenoxy) is 1. The molecule has 0 unspecified atom stereocenters. The van der Waals surface area contributed by atoms with E-state index in [4.69, 9.17) is 4.74 Å². The van der Waals surface area contributed by atoms with Gasteiger partial charge in [0, 0.05) is 6.42 Å². The van der Waals surface area contributed by atoms with Crippen LogP contribution < -0.4 is 0 Å². The summed E-state index contributed by atoms with van der Waals surface area (Å²) in [5.41, 5.74) is 0. The van der Waals surface area contributed by atoms with Crippen LogP contribution in [0.5, 0.6) is 0 Å². The van der Waals surface area contributed by atoms with Gasteiger partial charge in [0.25, 0.3) is 0 Å². The van der Waals surface area contributed by atoms with Gasteiger partial charge in [-0.1, -0.05) is 90.4 Å². The van der Waals surface area contributed by atoms with Crippen LogP contribution in [-0.2, 0) is 9.53 Å². The molecule has 1 rings (SSSR count). The van der Waals surface area contributed by atoms with Crippen molar-refractivity contribution < 1.29 is 30.0 Å². The number of rotatable bonds is 17. The smallest absolute Gasteiger partial charge is 0.202 e. The zero-order valence-corrected chi connectivity index (χ0v) is 19.2. The Kier molecular flexibility index (Phi) is 14.0. The van der Waals surface area contributed by atoms with E-state index in [2.05, 4.69) is 6.92 Å². The summed E-state index contributed by atoms with van der Waals surface area (Å²) in [4.78, 5) is 12.2. The average molecular weight is 431 g/mol. The maximum absolute atomic E-state index is 12.2. The van der Waals surface area contributed by atoms with Crippen LogP contribution in [-0.4, -0.2) is 56.4 Å². The van der Waals surface area contributed by atoms with Gasteiger partial charge >= 0.3 is 0 Å². The van der Waals surface area contributed by atoms with E-state index in [0.717, 1.165) is 19.3 Å². The molecule has 0 saturated carbocycles. The maximum atomic E-state index is 12.2. The molecule has 0 bridgehead atoms. The van der Waals surface area contributed by atoms with E-state index in [9.17, 15) is 25.2 Å². The summed E-state index contributed by atoms with van der Waals surface area (Å²) in [6.07, 6.45) is 12.0. The van der Waals surface area contributed by atoms with Crippen LogP contribution in [0.1, 0.15) is 117 Å². The molecule has 178 valence electrons. The van der Waals surface area contributed by atoms with Crippen molar-refractivity contribution in [3.8, 4) is 0 Å². The first-order chi connectivity index (χ1) is 14.3. The number of aliphatic hydroxyl groups excluding tert-OH is 3. The first-order valence-corrected chi connectivity index (χ1v) is 12.3. The summed E-state index contributed by atoms with van der Waals surface area (Å²) in [6.45, 7) is 3.74. The average Bonchev–Trinajstić information content (AvgIpc) is 2.71. The third-order valence-corrected chi connectivity index (χ3v) is 6.27. The van der Waals surface area contributed by atoms with Crippen LogP contribution in [0.2, 0.25) is 0 Å². The zero-order valence-electron chi connectivity index (χ0n) is 19.2. The molecule has 1 heterocycles. The van der Waals surface area contributed by atoms with Crippen LogP contribution in [0.25, 0.3) is 0 Å². The van der Waals surface area contributed by atoms with Crippen molar-refractivity contribution in [3.05, 3.63) is 0 Å². The first-order valence-electron chi connectivity index (χ1n) is 12.3. The molecule has 1 fully saturated rings. The summed E-state index contributed by atoms with van der Waals surface area (Å²) < 4.78 is 5.24. The highest BCUT2D eigenvalue weighted by Gasteiger charge is 2.52. The van der Waals surface area contributed by atoms with Crippen molar-refractivity contribution >= 4 is 5.78 Å². The molecule has 1 aliphatic rings. The van der Waals surface area contributed by atoms with Crippen LogP contribution in [0.15, 0.2) is 0 Å². The molecule has 1 aliphatic heterocycles. The third-order valence-electron chi connectivity index (χ3n) is 6.27. The van der Waals surface area contributed by atoms with Crippen molar-refractivity contribution in [2.75, 3.05) is 0 Å². The number of carbonyl (C=O) groups excluding carboxylic acids is 1. The van der Waals surface area contributed by atoms with Crippen molar-refractivity contribution in [2.45, 2.75) is 147 Å². The lowest BCUT2D eigenvalue weighted by atomic mass is 9.89. The number of unbranched alkanes of at least 4 members (excludes halogenated alkanes) is 13. The number of hydrogen-bond acceptors (Lipinski definition) is 6.